The minimum atomic E-state index is -0.848. The van der Waals surface area contributed by atoms with Crippen molar-refractivity contribution in [1.82, 2.24) is 5.32 Å². The number of nitrogens with two attached hydrogens (primary N) is 1. The Morgan fingerprint density at radius 3 is 2.78 bits per heavy atom. The molecule has 2 atom stereocenters. The highest BCUT2D eigenvalue weighted by molar-refractivity contribution is 7.10. The number of carboxylic acids is 1. The summed E-state index contributed by atoms with van der Waals surface area (Å²) in [6, 6.07) is 2.97. The van der Waals surface area contributed by atoms with E-state index in [4.69, 9.17) is 10.8 Å². The number of carboxylic acid groups (broad SMARTS) is 1. The number of hydrogen-bond donors (Lipinski definition) is 3. The molecule has 1 rings (SSSR count). The topological polar surface area (TPSA) is 92.4 Å². The van der Waals surface area contributed by atoms with E-state index in [0.29, 0.717) is 13.0 Å². The third-order valence-corrected chi connectivity index (χ3v) is 3.69. The molecule has 0 fully saturated rings. The van der Waals surface area contributed by atoms with Crippen molar-refractivity contribution in [3.63, 3.8) is 0 Å². The van der Waals surface area contributed by atoms with Gasteiger partial charge in [-0.3, -0.25) is 9.59 Å². The van der Waals surface area contributed by atoms with Crippen LogP contribution in [-0.4, -0.2) is 23.5 Å². The molecule has 0 aliphatic heterocycles. The van der Waals surface area contributed by atoms with Crippen LogP contribution in [0.4, 0.5) is 0 Å². The number of amides is 1. The van der Waals surface area contributed by atoms with E-state index in [2.05, 4.69) is 5.32 Å². The van der Waals surface area contributed by atoms with Crippen LogP contribution < -0.4 is 11.1 Å². The molecule has 1 aromatic heterocycles. The van der Waals surface area contributed by atoms with Crippen LogP contribution in [0, 0.1) is 5.92 Å². The van der Waals surface area contributed by atoms with E-state index >= 15 is 0 Å². The average molecular weight is 270 g/mol. The Morgan fingerprint density at radius 1 is 1.56 bits per heavy atom. The fraction of sp³-hybridized carbons (Fsp3) is 0.500. The first-order valence-corrected chi connectivity index (χ1v) is 6.71. The van der Waals surface area contributed by atoms with E-state index in [0.717, 1.165) is 4.88 Å². The van der Waals surface area contributed by atoms with Gasteiger partial charge in [0.2, 0.25) is 5.91 Å². The quantitative estimate of drug-likeness (QED) is 0.697. The number of nitrogens with one attached hydrogen (secondary N) is 1. The zero-order chi connectivity index (χ0) is 13.5. The van der Waals surface area contributed by atoms with Crippen molar-refractivity contribution in [2.45, 2.75) is 25.8 Å². The molecule has 0 aliphatic rings. The predicted molar refractivity (Wildman–Crippen MR) is 70.3 cm³/mol. The molecular weight excluding hydrogens is 252 g/mol. The molecule has 0 aromatic carbocycles. The average Bonchev–Trinajstić information content (AvgIpc) is 2.86. The smallest absolute Gasteiger partial charge is 0.303 e. The first-order valence-electron chi connectivity index (χ1n) is 5.83. The molecule has 4 N–H and O–H groups in total. The molecule has 0 radical (unpaired) electrons. The van der Waals surface area contributed by atoms with E-state index in [1.807, 2.05) is 24.4 Å². The van der Waals surface area contributed by atoms with Crippen LogP contribution in [0.25, 0.3) is 0 Å². The first kappa shape index (κ1) is 14.7. The van der Waals surface area contributed by atoms with E-state index in [1.54, 1.807) is 0 Å². The summed E-state index contributed by atoms with van der Waals surface area (Å²) in [6.07, 6.45) is 0.770. The van der Waals surface area contributed by atoms with Gasteiger partial charge in [-0.05, 0) is 17.4 Å². The highest BCUT2D eigenvalue weighted by atomic mass is 32.1. The van der Waals surface area contributed by atoms with Gasteiger partial charge in [-0.15, -0.1) is 11.3 Å². The third-order valence-electron chi connectivity index (χ3n) is 2.74. The van der Waals surface area contributed by atoms with Crippen molar-refractivity contribution in [2.24, 2.45) is 11.7 Å². The second kappa shape index (κ2) is 7.13. The fourth-order valence-electron chi connectivity index (χ4n) is 1.56. The van der Waals surface area contributed by atoms with Crippen LogP contribution in [-0.2, 0) is 9.59 Å². The number of carbonyl (C=O) groups is 2. The maximum atomic E-state index is 11.8. The lowest BCUT2D eigenvalue weighted by atomic mass is 10.0. The molecule has 5 nitrogen and oxygen atoms in total. The van der Waals surface area contributed by atoms with Crippen LogP contribution in [0.2, 0.25) is 0 Å². The summed E-state index contributed by atoms with van der Waals surface area (Å²) in [5.41, 5.74) is 5.79. The van der Waals surface area contributed by atoms with Crippen molar-refractivity contribution in [3.05, 3.63) is 22.4 Å². The molecule has 0 bridgehead atoms. The number of thiophene rings is 1. The lowest BCUT2D eigenvalue weighted by Gasteiger charge is -2.15. The molecule has 18 heavy (non-hydrogen) atoms. The molecular formula is C12H18N2O3S. The Morgan fingerprint density at radius 2 is 2.28 bits per heavy atom. The standard InChI is InChI=1S/C12H18N2O3S/c1-2-8(6-10(15)16)7-14-12(17)11(13)9-4-3-5-18-9/h3-5,8,11H,2,6-7,13H2,1H3,(H,14,17)(H,15,16). The second-order valence-corrected chi connectivity index (χ2v) is 5.09. The number of carbonyl (C=O) groups excluding carboxylic acids is 1. The van der Waals surface area contributed by atoms with Crippen LogP contribution in [0.3, 0.4) is 0 Å². The number of aliphatic carboxylic acids is 1. The normalized spacial score (nSPS) is 13.9. The molecule has 1 amide bonds. The zero-order valence-electron chi connectivity index (χ0n) is 10.3. The zero-order valence-corrected chi connectivity index (χ0v) is 11.1. The summed E-state index contributed by atoms with van der Waals surface area (Å²) in [4.78, 5) is 23.2. The van der Waals surface area contributed by atoms with Crippen molar-refractivity contribution in [1.29, 1.82) is 0 Å². The van der Waals surface area contributed by atoms with Crippen LogP contribution in [0.1, 0.15) is 30.7 Å². The van der Waals surface area contributed by atoms with Crippen molar-refractivity contribution >= 4 is 23.2 Å². The van der Waals surface area contributed by atoms with Crippen LogP contribution in [0.15, 0.2) is 17.5 Å². The molecule has 0 aliphatic carbocycles. The van der Waals surface area contributed by atoms with Gasteiger partial charge in [0.1, 0.15) is 6.04 Å². The highest BCUT2D eigenvalue weighted by Crippen LogP contribution is 2.17. The van der Waals surface area contributed by atoms with Gasteiger partial charge in [0.05, 0.1) is 0 Å². The Hall–Kier alpha value is -1.40. The van der Waals surface area contributed by atoms with Gasteiger partial charge in [-0.25, -0.2) is 0 Å². The van der Waals surface area contributed by atoms with Gasteiger partial charge >= 0.3 is 5.97 Å². The number of rotatable bonds is 7. The highest BCUT2D eigenvalue weighted by Gasteiger charge is 2.18. The van der Waals surface area contributed by atoms with E-state index in [1.165, 1.54) is 11.3 Å². The van der Waals surface area contributed by atoms with Gasteiger partial charge < -0.3 is 16.2 Å². The van der Waals surface area contributed by atoms with E-state index in [-0.39, 0.29) is 18.2 Å². The van der Waals surface area contributed by atoms with Crippen molar-refractivity contribution < 1.29 is 14.7 Å². The molecule has 2 unspecified atom stereocenters. The maximum Gasteiger partial charge on any atom is 0.303 e. The SMILES string of the molecule is CCC(CNC(=O)C(N)c1cccs1)CC(=O)O. The monoisotopic (exact) mass is 270 g/mol. The summed E-state index contributed by atoms with van der Waals surface area (Å²) >= 11 is 1.43. The molecule has 1 heterocycles. The summed E-state index contributed by atoms with van der Waals surface area (Å²) in [5, 5.41) is 13.3. The molecule has 0 saturated carbocycles. The Bertz CT molecular complexity index is 392. The Labute approximate surface area is 110 Å². The minimum absolute atomic E-state index is 0.0537. The number of hydrogen-bond acceptors (Lipinski definition) is 4. The molecule has 6 heteroatoms. The molecule has 1 aromatic rings. The summed E-state index contributed by atoms with van der Waals surface area (Å²) < 4.78 is 0. The maximum absolute atomic E-state index is 11.8. The van der Waals surface area contributed by atoms with Crippen molar-refractivity contribution in [2.75, 3.05) is 6.54 Å². The van der Waals surface area contributed by atoms with E-state index in [9.17, 15) is 9.59 Å². The molecule has 0 saturated heterocycles. The fourth-order valence-corrected chi connectivity index (χ4v) is 2.29. The summed E-state index contributed by atoms with van der Waals surface area (Å²) in [6.45, 7) is 2.25. The van der Waals surface area contributed by atoms with Gasteiger partial charge in [-0.2, -0.15) is 0 Å². The summed E-state index contributed by atoms with van der Waals surface area (Å²) in [5.74, 6) is -1.16. The first-order chi connectivity index (χ1) is 8.54. The van der Waals surface area contributed by atoms with Gasteiger partial charge in [0, 0.05) is 17.8 Å². The predicted octanol–water partition coefficient (Wildman–Crippen LogP) is 1.36. The van der Waals surface area contributed by atoms with Crippen molar-refractivity contribution in [3.8, 4) is 0 Å². The van der Waals surface area contributed by atoms with Gasteiger partial charge in [0.25, 0.3) is 0 Å². The van der Waals surface area contributed by atoms with Gasteiger partial charge in [0.15, 0.2) is 0 Å². The lowest BCUT2D eigenvalue weighted by Crippen LogP contribution is -2.37. The van der Waals surface area contributed by atoms with Crippen LogP contribution >= 0.6 is 11.3 Å². The second-order valence-electron chi connectivity index (χ2n) is 4.11. The van der Waals surface area contributed by atoms with E-state index < -0.39 is 12.0 Å². The molecule has 0 spiro atoms. The Kier molecular flexibility index (Phi) is 5.80. The lowest BCUT2D eigenvalue weighted by molar-refractivity contribution is -0.138. The minimum Gasteiger partial charge on any atom is -0.481 e. The van der Waals surface area contributed by atoms with Crippen LogP contribution in [0.5, 0.6) is 0 Å². The molecule has 100 valence electrons. The third kappa shape index (κ3) is 4.46. The largest absolute Gasteiger partial charge is 0.481 e. The Balaban J connectivity index is 2.42. The summed E-state index contributed by atoms with van der Waals surface area (Å²) in [7, 11) is 0. The van der Waals surface area contributed by atoms with Gasteiger partial charge in [-0.1, -0.05) is 19.4 Å².